The number of nitrogens with zero attached hydrogens (tertiary/aromatic N) is 3. The van der Waals surface area contributed by atoms with Gasteiger partial charge in [-0.2, -0.15) is 5.10 Å². The summed E-state index contributed by atoms with van der Waals surface area (Å²) in [5.41, 5.74) is 2.61. The molecule has 8 heteroatoms. The van der Waals surface area contributed by atoms with Gasteiger partial charge in [0.2, 0.25) is 4.80 Å². The molecule has 28 heavy (non-hydrogen) atoms. The van der Waals surface area contributed by atoms with Gasteiger partial charge in [-0.3, -0.25) is 4.99 Å². The maximum absolute atomic E-state index is 9.89. The SMILES string of the molecule is C=CCN=c1scc(-c2ccccc2OC)n1N=Cc1cc(Br)c(O)c(Br)c1. The van der Waals surface area contributed by atoms with E-state index in [4.69, 9.17) is 4.74 Å². The lowest BCUT2D eigenvalue weighted by Gasteiger charge is -2.09. The van der Waals surface area contributed by atoms with E-state index in [1.54, 1.807) is 36.2 Å². The molecule has 2 aromatic carbocycles. The lowest BCUT2D eigenvalue weighted by Crippen LogP contribution is -2.12. The van der Waals surface area contributed by atoms with Gasteiger partial charge in [0.25, 0.3) is 0 Å². The maximum atomic E-state index is 9.89. The van der Waals surface area contributed by atoms with E-state index in [0.717, 1.165) is 27.4 Å². The zero-order valence-corrected chi connectivity index (χ0v) is 19.0. The first-order valence-electron chi connectivity index (χ1n) is 8.22. The Morgan fingerprint density at radius 2 is 1.96 bits per heavy atom. The number of phenols is 1. The molecule has 0 aliphatic heterocycles. The Bertz CT molecular complexity index is 1080. The molecule has 1 aromatic heterocycles. The van der Waals surface area contributed by atoms with Crippen LogP contribution in [0, 0.1) is 0 Å². The first kappa shape index (κ1) is 20.6. The highest BCUT2D eigenvalue weighted by molar-refractivity contribution is 9.11. The molecule has 0 spiro atoms. The van der Waals surface area contributed by atoms with E-state index >= 15 is 0 Å². The van der Waals surface area contributed by atoms with Crippen LogP contribution in [0.5, 0.6) is 11.5 Å². The fraction of sp³-hybridized carbons (Fsp3) is 0.100. The topological polar surface area (TPSA) is 59.1 Å². The van der Waals surface area contributed by atoms with Gasteiger partial charge in [-0.05, 0) is 61.7 Å². The number of benzene rings is 2. The number of para-hydroxylation sites is 1. The van der Waals surface area contributed by atoms with Crippen molar-refractivity contribution in [2.75, 3.05) is 13.7 Å². The number of aromatic hydroxyl groups is 1. The van der Waals surface area contributed by atoms with Crippen LogP contribution in [0.4, 0.5) is 0 Å². The molecular formula is C20H17Br2N3O2S. The third-order valence-electron chi connectivity index (χ3n) is 3.79. The highest BCUT2D eigenvalue weighted by Gasteiger charge is 2.12. The van der Waals surface area contributed by atoms with Crippen molar-refractivity contribution in [2.45, 2.75) is 0 Å². The number of methoxy groups -OCH3 is 1. The summed E-state index contributed by atoms with van der Waals surface area (Å²) in [5.74, 6) is 0.909. The van der Waals surface area contributed by atoms with Gasteiger partial charge in [-0.25, -0.2) is 4.68 Å². The van der Waals surface area contributed by atoms with Crippen LogP contribution in [0.25, 0.3) is 11.3 Å². The third-order valence-corrected chi connectivity index (χ3v) is 5.85. The minimum absolute atomic E-state index is 0.150. The van der Waals surface area contributed by atoms with Crippen molar-refractivity contribution in [3.63, 3.8) is 0 Å². The minimum Gasteiger partial charge on any atom is -0.506 e. The van der Waals surface area contributed by atoms with Gasteiger partial charge in [0, 0.05) is 10.9 Å². The highest BCUT2D eigenvalue weighted by atomic mass is 79.9. The number of hydrogen-bond acceptors (Lipinski definition) is 5. The molecule has 3 rings (SSSR count). The molecule has 0 fully saturated rings. The molecule has 3 aromatic rings. The fourth-order valence-corrected chi connectivity index (χ4v) is 4.55. The quantitative estimate of drug-likeness (QED) is 0.347. The number of halogens is 2. The standard InChI is InChI=1S/C20H17Br2N3O2S/c1-3-8-23-20-25(24-11-13-9-15(21)19(26)16(22)10-13)17(12-28-20)14-6-4-5-7-18(14)27-2/h3-7,9-12,26H,1,8H2,2H3. The zero-order valence-electron chi connectivity index (χ0n) is 15.0. The van der Waals surface area contributed by atoms with Crippen molar-refractivity contribution in [1.82, 2.24) is 4.68 Å². The predicted octanol–water partition coefficient (Wildman–Crippen LogP) is 5.42. The number of hydrogen-bond donors (Lipinski definition) is 1. The minimum atomic E-state index is 0.150. The number of phenolic OH excluding ortho intramolecular Hbond substituents is 1. The van der Waals surface area contributed by atoms with E-state index in [2.05, 4.69) is 48.5 Å². The molecule has 1 heterocycles. The highest BCUT2D eigenvalue weighted by Crippen LogP contribution is 2.33. The molecule has 0 aliphatic carbocycles. The van der Waals surface area contributed by atoms with Gasteiger partial charge in [-0.1, -0.05) is 18.2 Å². The number of rotatable bonds is 6. The predicted molar refractivity (Wildman–Crippen MR) is 121 cm³/mol. The average Bonchev–Trinajstić information content (AvgIpc) is 3.11. The Hall–Kier alpha value is -2.16. The largest absolute Gasteiger partial charge is 0.506 e. The monoisotopic (exact) mass is 521 g/mol. The van der Waals surface area contributed by atoms with Gasteiger partial charge < -0.3 is 9.84 Å². The van der Waals surface area contributed by atoms with Crippen molar-refractivity contribution in [1.29, 1.82) is 0 Å². The molecule has 0 atom stereocenters. The molecule has 0 saturated carbocycles. The molecule has 5 nitrogen and oxygen atoms in total. The summed E-state index contributed by atoms with van der Waals surface area (Å²) in [5, 5.41) is 16.5. The summed E-state index contributed by atoms with van der Waals surface area (Å²) < 4.78 is 8.45. The second-order valence-electron chi connectivity index (χ2n) is 5.62. The molecule has 0 unspecified atom stereocenters. The van der Waals surface area contributed by atoms with Gasteiger partial charge in [0.15, 0.2) is 0 Å². The number of ether oxygens (including phenoxy) is 1. The Morgan fingerprint density at radius 3 is 2.64 bits per heavy atom. The summed E-state index contributed by atoms with van der Waals surface area (Å²) >= 11 is 8.18. The van der Waals surface area contributed by atoms with Gasteiger partial charge in [-0.15, -0.1) is 17.9 Å². The van der Waals surface area contributed by atoms with Crippen LogP contribution in [-0.4, -0.2) is 29.7 Å². The van der Waals surface area contributed by atoms with Crippen molar-refractivity contribution in [3.8, 4) is 22.8 Å². The number of aromatic nitrogens is 1. The molecule has 0 aliphatic rings. The van der Waals surface area contributed by atoms with Crippen LogP contribution in [0.2, 0.25) is 0 Å². The van der Waals surface area contributed by atoms with Gasteiger partial charge in [0.1, 0.15) is 11.5 Å². The zero-order chi connectivity index (χ0) is 20.1. The summed E-state index contributed by atoms with van der Waals surface area (Å²) in [6.45, 7) is 4.23. The molecular weight excluding hydrogens is 506 g/mol. The average molecular weight is 523 g/mol. The summed E-state index contributed by atoms with van der Waals surface area (Å²) in [6.07, 6.45) is 3.46. The maximum Gasteiger partial charge on any atom is 0.206 e. The van der Waals surface area contributed by atoms with Gasteiger partial charge in [0.05, 0.1) is 34.5 Å². The molecule has 1 N–H and O–H groups in total. The molecule has 144 valence electrons. The fourth-order valence-electron chi connectivity index (χ4n) is 2.49. The van der Waals surface area contributed by atoms with Crippen LogP contribution in [-0.2, 0) is 0 Å². The Labute approximate surface area is 183 Å². The van der Waals surface area contributed by atoms with E-state index < -0.39 is 0 Å². The first-order valence-corrected chi connectivity index (χ1v) is 10.7. The smallest absolute Gasteiger partial charge is 0.206 e. The lowest BCUT2D eigenvalue weighted by atomic mass is 10.1. The van der Waals surface area contributed by atoms with E-state index in [1.807, 2.05) is 29.6 Å². The van der Waals surface area contributed by atoms with E-state index in [9.17, 15) is 5.11 Å². The van der Waals surface area contributed by atoms with E-state index in [0.29, 0.717) is 15.5 Å². The van der Waals surface area contributed by atoms with Crippen molar-refractivity contribution >= 4 is 49.4 Å². The van der Waals surface area contributed by atoms with Crippen LogP contribution in [0.1, 0.15) is 5.56 Å². The van der Waals surface area contributed by atoms with E-state index in [-0.39, 0.29) is 5.75 Å². The molecule has 0 saturated heterocycles. The Morgan fingerprint density at radius 1 is 1.25 bits per heavy atom. The van der Waals surface area contributed by atoms with Crippen molar-refractivity contribution in [2.24, 2.45) is 10.1 Å². The summed E-state index contributed by atoms with van der Waals surface area (Å²) in [6, 6.07) is 11.4. The van der Waals surface area contributed by atoms with Crippen molar-refractivity contribution < 1.29 is 9.84 Å². The normalized spacial score (nSPS) is 11.9. The molecule has 0 bridgehead atoms. The Kier molecular flexibility index (Phi) is 6.88. The van der Waals surface area contributed by atoms with E-state index in [1.165, 1.54) is 11.3 Å². The van der Waals surface area contributed by atoms with Crippen molar-refractivity contribution in [3.05, 3.63) is 73.7 Å². The van der Waals surface area contributed by atoms with Gasteiger partial charge >= 0.3 is 0 Å². The van der Waals surface area contributed by atoms with Crippen LogP contribution < -0.4 is 9.54 Å². The van der Waals surface area contributed by atoms with Crippen LogP contribution in [0.15, 0.2) is 73.5 Å². The third kappa shape index (κ3) is 4.45. The Balaban J connectivity index is 2.13. The molecule has 0 amide bonds. The first-order chi connectivity index (χ1) is 13.5. The summed E-state index contributed by atoms with van der Waals surface area (Å²) in [7, 11) is 1.65. The molecule has 0 radical (unpaired) electrons. The lowest BCUT2D eigenvalue weighted by molar-refractivity contribution is 0.416. The second-order valence-corrected chi connectivity index (χ2v) is 8.17. The number of thiazole rings is 1. The van der Waals surface area contributed by atoms with Crippen LogP contribution in [0.3, 0.4) is 0 Å². The second kappa shape index (κ2) is 9.36. The van der Waals surface area contributed by atoms with Crippen LogP contribution >= 0.6 is 43.2 Å². The summed E-state index contributed by atoms with van der Waals surface area (Å²) in [4.78, 5) is 5.28.